The molecule has 1 aromatic rings. The number of carbonyl (C=O) groups is 2. The molecule has 1 fully saturated rings. The SMILES string of the molecule is Cc1nsc(NC(=O)N2CCC[C@@H]2C(=O)O)n1. The number of hydrogen-bond donors (Lipinski definition) is 2. The average molecular weight is 256 g/mol. The van der Waals surface area contributed by atoms with Gasteiger partial charge < -0.3 is 10.0 Å². The monoisotopic (exact) mass is 256 g/mol. The van der Waals surface area contributed by atoms with E-state index in [4.69, 9.17) is 5.11 Å². The van der Waals surface area contributed by atoms with E-state index < -0.39 is 18.0 Å². The standard InChI is InChI=1S/C9H12N4O3S/c1-5-10-8(17-12-5)11-9(16)13-4-2-3-6(13)7(14)15/h6H,2-4H2,1H3,(H,14,15)(H,10,11,12,16)/t6-/m1/s1. The summed E-state index contributed by atoms with van der Waals surface area (Å²) < 4.78 is 3.93. The molecular formula is C9H12N4O3S. The number of rotatable bonds is 2. The zero-order chi connectivity index (χ0) is 12.4. The number of likely N-dealkylation sites (tertiary alicyclic amines) is 1. The Morgan fingerprint density at radius 3 is 2.94 bits per heavy atom. The van der Waals surface area contributed by atoms with Gasteiger partial charge in [-0.1, -0.05) is 0 Å². The van der Waals surface area contributed by atoms with E-state index in [2.05, 4.69) is 14.7 Å². The molecule has 0 bridgehead atoms. The van der Waals surface area contributed by atoms with E-state index in [9.17, 15) is 9.59 Å². The maximum absolute atomic E-state index is 11.8. The molecular weight excluding hydrogens is 244 g/mol. The minimum Gasteiger partial charge on any atom is -0.480 e. The number of carboxylic acids is 1. The van der Waals surface area contributed by atoms with E-state index in [0.29, 0.717) is 30.3 Å². The summed E-state index contributed by atoms with van der Waals surface area (Å²) in [5.74, 6) is -0.382. The van der Waals surface area contributed by atoms with Crippen molar-refractivity contribution in [3.8, 4) is 0 Å². The molecule has 0 saturated carbocycles. The molecule has 0 aromatic carbocycles. The van der Waals surface area contributed by atoms with Crippen LogP contribution >= 0.6 is 11.5 Å². The average Bonchev–Trinajstić information content (AvgIpc) is 2.86. The highest BCUT2D eigenvalue weighted by Gasteiger charge is 2.34. The first-order chi connectivity index (χ1) is 8.08. The van der Waals surface area contributed by atoms with Crippen LogP contribution in [0.3, 0.4) is 0 Å². The molecule has 17 heavy (non-hydrogen) atoms. The summed E-state index contributed by atoms with van der Waals surface area (Å²) in [6, 6.07) is -1.16. The highest BCUT2D eigenvalue weighted by molar-refractivity contribution is 7.09. The summed E-state index contributed by atoms with van der Waals surface area (Å²) in [5, 5.41) is 11.9. The van der Waals surface area contributed by atoms with Crippen molar-refractivity contribution in [2.75, 3.05) is 11.9 Å². The van der Waals surface area contributed by atoms with Crippen molar-refractivity contribution in [2.24, 2.45) is 0 Å². The second-order valence-corrected chi connectivity index (χ2v) is 4.52. The second-order valence-electron chi connectivity index (χ2n) is 3.77. The van der Waals surface area contributed by atoms with E-state index in [0.717, 1.165) is 11.5 Å². The molecule has 1 aromatic heterocycles. The smallest absolute Gasteiger partial charge is 0.326 e. The predicted octanol–water partition coefficient (Wildman–Crippen LogP) is 0.927. The predicted molar refractivity (Wildman–Crippen MR) is 61.0 cm³/mol. The molecule has 0 spiro atoms. The molecule has 2 heterocycles. The maximum Gasteiger partial charge on any atom is 0.326 e. The van der Waals surface area contributed by atoms with Gasteiger partial charge in [0.05, 0.1) is 0 Å². The number of anilines is 1. The molecule has 0 aliphatic carbocycles. The van der Waals surface area contributed by atoms with Gasteiger partial charge >= 0.3 is 12.0 Å². The van der Waals surface area contributed by atoms with Crippen LogP contribution < -0.4 is 5.32 Å². The molecule has 1 atom stereocenters. The molecule has 2 N–H and O–H groups in total. The first kappa shape index (κ1) is 11.8. The van der Waals surface area contributed by atoms with E-state index >= 15 is 0 Å². The number of nitrogens with one attached hydrogen (secondary N) is 1. The third kappa shape index (κ3) is 2.52. The van der Waals surface area contributed by atoms with E-state index in [1.165, 1.54) is 4.90 Å². The number of carboxylic acid groups (broad SMARTS) is 1. The van der Waals surface area contributed by atoms with Crippen LogP contribution in [0.5, 0.6) is 0 Å². The van der Waals surface area contributed by atoms with Gasteiger partial charge in [0.25, 0.3) is 0 Å². The van der Waals surface area contributed by atoms with Crippen molar-refractivity contribution in [1.82, 2.24) is 14.3 Å². The van der Waals surface area contributed by atoms with Crippen LogP contribution in [0.1, 0.15) is 18.7 Å². The maximum atomic E-state index is 11.8. The van der Waals surface area contributed by atoms with Crippen LogP contribution in [0, 0.1) is 6.92 Å². The van der Waals surface area contributed by atoms with Crippen molar-refractivity contribution in [3.05, 3.63) is 5.82 Å². The van der Waals surface area contributed by atoms with Crippen molar-refractivity contribution >= 4 is 28.7 Å². The summed E-state index contributed by atoms with van der Waals surface area (Å²) in [6.07, 6.45) is 1.21. The summed E-state index contributed by atoms with van der Waals surface area (Å²) in [6.45, 7) is 2.18. The Morgan fingerprint density at radius 2 is 2.35 bits per heavy atom. The number of aliphatic carboxylic acids is 1. The quantitative estimate of drug-likeness (QED) is 0.820. The Labute approximate surface area is 102 Å². The fourth-order valence-electron chi connectivity index (χ4n) is 1.78. The van der Waals surface area contributed by atoms with Crippen molar-refractivity contribution in [2.45, 2.75) is 25.8 Å². The molecule has 92 valence electrons. The normalized spacial score (nSPS) is 19.4. The van der Waals surface area contributed by atoms with Gasteiger partial charge in [-0.25, -0.2) is 14.6 Å². The van der Waals surface area contributed by atoms with Gasteiger partial charge in [0.2, 0.25) is 5.13 Å². The van der Waals surface area contributed by atoms with Crippen LogP contribution in [0.15, 0.2) is 0 Å². The Kier molecular flexibility index (Phi) is 3.23. The summed E-state index contributed by atoms with van der Waals surface area (Å²) in [7, 11) is 0. The van der Waals surface area contributed by atoms with Crippen LogP contribution in [0.4, 0.5) is 9.93 Å². The molecule has 1 saturated heterocycles. The number of amides is 2. The largest absolute Gasteiger partial charge is 0.480 e. The zero-order valence-corrected chi connectivity index (χ0v) is 10.0. The van der Waals surface area contributed by atoms with Crippen LogP contribution in [0.2, 0.25) is 0 Å². The number of carbonyl (C=O) groups excluding carboxylic acids is 1. The summed E-state index contributed by atoms with van der Waals surface area (Å²) in [5.41, 5.74) is 0. The molecule has 1 aliphatic rings. The summed E-state index contributed by atoms with van der Waals surface area (Å²) >= 11 is 1.08. The fraction of sp³-hybridized carbons (Fsp3) is 0.556. The van der Waals surface area contributed by atoms with E-state index in [1.807, 2.05) is 0 Å². The van der Waals surface area contributed by atoms with Crippen LogP contribution in [-0.4, -0.2) is 44.0 Å². The number of nitrogens with zero attached hydrogens (tertiary/aromatic N) is 3. The van der Waals surface area contributed by atoms with Gasteiger partial charge in [0.1, 0.15) is 11.9 Å². The van der Waals surface area contributed by atoms with E-state index in [-0.39, 0.29) is 0 Å². The van der Waals surface area contributed by atoms with Gasteiger partial charge in [0, 0.05) is 18.1 Å². The number of aryl methyl sites for hydroxylation is 1. The van der Waals surface area contributed by atoms with E-state index in [1.54, 1.807) is 6.92 Å². The highest BCUT2D eigenvalue weighted by Crippen LogP contribution is 2.19. The van der Waals surface area contributed by atoms with Gasteiger partial charge in [-0.15, -0.1) is 0 Å². The first-order valence-corrected chi connectivity index (χ1v) is 5.96. The lowest BCUT2D eigenvalue weighted by Crippen LogP contribution is -2.42. The first-order valence-electron chi connectivity index (χ1n) is 5.18. The molecule has 8 heteroatoms. The van der Waals surface area contributed by atoms with Crippen LogP contribution in [-0.2, 0) is 4.79 Å². The molecule has 0 unspecified atom stereocenters. The van der Waals surface area contributed by atoms with Crippen molar-refractivity contribution < 1.29 is 14.7 Å². The molecule has 2 amide bonds. The zero-order valence-electron chi connectivity index (χ0n) is 9.21. The van der Waals surface area contributed by atoms with Gasteiger partial charge in [0.15, 0.2) is 0 Å². The number of urea groups is 1. The Morgan fingerprint density at radius 1 is 1.59 bits per heavy atom. The summed E-state index contributed by atoms with van der Waals surface area (Å²) in [4.78, 5) is 28.1. The minimum absolute atomic E-state index is 0.392. The minimum atomic E-state index is -0.967. The Hall–Kier alpha value is -1.70. The Bertz CT molecular complexity index is 447. The van der Waals surface area contributed by atoms with Gasteiger partial charge in [-0.2, -0.15) is 4.37 Å². The number of hydrogen-bond acceptors (Lipinski definition) is 5. The molecule has 0 radical (unpaired) electrons. The molecule has 2 rings (SSSR count). The lowest BCUT2D eigenvalue weighted by atomic mass is 10.2. The Balaban J connectivity index is 2.02. The highest BCUT2D eigenvalue weighted by atomic mass is 32.1. The van der Waals surface area contributed by atoms with Crippen molar-refractivity contribution in [1.29, 1.82) is 0 Å². The van der Waals surface area contributed by atoms with Gasteiger partial charge in [-0.3, -0.25) is 5.32 Å². The molecule has 1 aliphatic heterocycles. The third-order valence-corrected chi connectivity index (χ3v) is 3.26. The lowest BCUT2D eigenvalue weighted by Gasteiger charge is -2.20. The fourth-order valence-corrected chi connectivity index (χ4v) is 2.34. The van der Waals surface area contributed by atoms with Crippen LogP contribution in [0.25, 0.3) is 0 Å². The van der Waals surface area contributed by atoms with Gasteiger partial charge in [-0.05, 0) is 19.8 Å². The van der Waals surface area contributed by atoms with Crippen molar-refractivity contribution in [3.63, 3.8) is 0 Å². The second kappa shape index (κ2) is 4.66. The molecule has 7 nitrogen and oxygen atoms in total. The lowest BCUT2D eigenvalue weighted by molar-refractivity contribution is -0.141. The topological polar surface area (TPSA) is 95.4 Å². The third-order valence-electron chi connectivity index (χ3n) is 2.54. The number of aromatic nitrogens is 2.